The van der Waals surface area contributed by atoms with Crippen LogP contribution in [0.15, 0.2) is 85.3 Å². The minimum atomic E-state index is -1.05. The summed E-state index contributed by atoms with van der Waals surface area (Å²) >= 11 is 0. The molecule has 0 bridgehead atoms. The molecule has 23 nitrogen and oxygen atoms in total. The van der Waals surface area contributed by atoms with Crippen LogP contribution in [0.2, 0.25) is 0 Å². The number of primary amides is 1. The molecule has 23 heteroatoms. The summed E-state index contributed by atoms with van der Waals surface area (Å²) < 4.78 is 10.9. The molecule has 1 saturated heterocycles. The lowest BCUT2D eigenvalue weighted by molar-refractivity contribution is -0.137. The van der Waals surface area contributed by atoms with Crippen molar-refractivity contribution in [2.75, 3.05) is 67.2 Å². The van der Waals surface area contributed by atoms with Crippen LogP contribution >= 0.6 is 0 Å². The van der Waals surface area contributed by atoms with E-state index in [9.17, 15) is 38.4 Å². The van der Waals surface area contributed by atoms with E-state index in [4.69, 9.17) is 20.9 Å². The maximum Gasteiger partial charge on any atom is 0.407 e. The van der Waals surface area contributed by atoms with Crippen LogP contribution < -0.4 is 48.3 Å². The fraction of sp³-hybridized carbons (Fsp3) is 0.404. The Balaban J connectivity index is 0.914. The quantitative estimate of drug-likeness (QED) is 0.0329. The van der Waals surface area contributed by atoms with Gasteiger partial charge in [0.25, 0.3) is 17.7 Å². The lowest BCUT2D eigenvalue weighted by atomic mass is 10.0. The van der Waals surface area contributed by atoms with Gasteiger partial charge >= 0.3 is 12.1 Å². The van der Waals surface area contributed by atoms with Gasteiger partial charge in [0.2, 0.25) is 17.7 Å². The first-order chi connectivity index (χ1) is 36.1. The molecule has 0 spiro atoms. The summed E-state index contributed by atoms with van der Waals surface area (Å²) in [6.07, 6.45) is 10.0. The number of alkyl carbamates (subject to hydrolysis) is 1. The van der Waals surface area contributed by atoms with Crippen molar-refractivity contribution < 1.29 is 47.8 Å². The molecule has 0 saturated carbocycles. The van der Waals surface area contributed by atoms with E-state index in [1.807, 2.05) is 30.3 Å². The van der Waals surface area contributed by atoms with E-state index in [1.165, 1.54) is 18.3 Å². The van der Waals surface area contributed by atoms with Crippen LogP contribution in [-0.4, -0.2) is 125 Å². The van der Waals surface area contributed by atoms with Gasteiger partial charge in [0.15, 0.2) is 11.5 Å². The monoisotopic (exact) mass is 1030 g/mol. The molecule has 4 aromatic rings. The van der Waals surface area contributed by atoms with Gasteiger partial charge in [-0.2, -0.15) is 0 Å². The van der Waals surface area contributed by atoms with Crippen LogP contribution in [0.1, 0.15) is 80.4 Å². The Bertz CT molecular complexity index is 2660. The van der Waals surface area contributed by atoms with Crippen molar-refractivity contribution in [2.24, 2.45) is 11.7 Å². The molecule has 1 fully saturated rings. The fourth-order valence-electron chi connectivity index (χ4n) is 8.10. The van der Waals surface area contributed by atoms with Crippen molar-refractivity contribution in [3.05, 3.63) is 102 Å². The number of nitrogens with zero attached hydrogens (tertiary/aromatic N) is 5. The van der Waals surface area contributed by atoms with Crippen LogP contribution in [0, 0.1) is 5.92 Å². The van der Waals surface area contributed by atoms with Crippen molar-refractivity contribution in [1.29, 1.82) is 0 Å². The molecule has 2 aliphatic rings. The highest BCUT2D eigenvalue weighted by Crippen LogP contribution is 2.27. The number of amides is 9. The molecular formula is C52H65N13O10. The molecule has 10 N–H and O–H groups in total. The van der Waals surface area contributed by atoms with Crippen LogP contribution in [-0.2, 0) is 46.5 Å². The number of hydrogen-bond acceptors (Lipinski definition) is 15. The van der Waals surface area contributed by atoms with E-state index < -0.39 is 41.9 Å². The van der Waals surface area contributed by atoms with Gasteiger partial charge in [0, 0.05) is 68.7 Å². The number of morpholine rings is 1. The molecule has 6 rings (SSSR count). The van der Waals surface area contributed by atoms with Crippen LogP contribution in [0.25, 0.3) is 11.3 Å². The van der Waals surface area contributed by atoms with Gasteiger partial charge in [0.05, 0.1) is 42.7 Å². The number of nitrogens with two attached hydrogens (primary N) is 2. The van der Waals surface area contributed by atoms with Crippen LogP contribution in [0.4, 0.5) is 32.5 Å². The number of nitrogens with one attached hydrogen (secondary N) is 6. The number of anilines is 4. The van der Waals surface area contributed by atoms with E-state index in [-0.39, 0.29) is 67.7 Å². The van der Waals surface area contributed by atoms with E-state index >= 15 is 0 Å². The van der Waals surface area contributed by atoms with E-state index in [0.29, 0.717) is 94.0 Å². The van der Waals surface area contributed by atoms with E-state index in [1.54, 1.807) is 50.5 Å². The number of carbonyl (C=O) groups is 8. The topological polar surface area (TPSA) is 324 Å². The lowest BCUT2D eigenvalue weighted by Gasteiger charge is -2.30. The zero-order valence-corrected chi connectivity index (χ0v) is 42.1. The van der Waals surface area contributed by atoms with Crippen molar-refractivity contribution in [1.82, 2.24) is 41.1 Å². The Morgan fingerprint density at radius 3 is 2.20 bits per heavy atom. The van der Waals surface area contributed by atoms with Gasteiger partial charge in [-0.05, 0) is 73.8 Å². The number of imide groups is 1. The molecule has 2 aromatic carbocycles. The number of carbonyl (C=O) groups excluding carboxylic acids is 8. The van der Waals surface area contributed by atoms with Gasteiger partial charge < -0.3 is 57.7 Å². The zero-order chi connectivity index (χ0) is 53.7. The van der Waals surface area contributed by atoms with Crippen molar-refractivity contribution >= 4 is 70.4 Å². The SMILES string of the molecule is CC(C)C(NC(=O)CCCCCN1C(=O)C=CC1=O)C(=O)N[C@@H](CCCNC(N)=O)C(=O)Nc1ccc(COC(=O)NCCCc2ccc(-c3cnc(N)c(C(=O)Nc4cnccc4N4CCOCC4)n3)cc2)cc1. The molecular weight excluding hydrogens is 967 g/mol. The van der Waals surface area contributed by atoms with E-state index in [2.05, 4.69) is 51.8 Å². The number of nitrogen functional groups attached to an aromatic ring is 1. The minimum absolute atomic E-state index is 0.00711. The zero-order valence-electron chi connectivity index (χ0n) is 42.1. The average Bonchev–Trinajstić information content (AvgIpc) is 3.72. The number of aromatic nitrogens is 3. The van der Waals surface area contributed by atoms with Gasteiger partial charge in [-0.1, -0.05) is 56.7 Å². The number of ether oxygens (including phenoxy) is 2. The van der Waals surface area contributed by atoms with E-state index in [0.717, 1.165) is 21.7 Å². The standard InChI is InChI=1S/C52H65N13O10/c1-33(2)45(63-42(66)10-4-3-5-25-65-43(67)19-20-44(65)68)49(70)61-38(9-7-22-56-51(54)72)48(69)59-37-17-13-35(14-18-37)32-75-52(73)57-23-6-8-34-11-15-36(16-12-34)39-31-58-47(53)46(60-39)50(71)62-40-30-55-24-21-41(40)64-26-28-74-29-27-64/h11-21,24,30-31,33,38,45H,3-10,22-23,25-29,32H2,1-2H3,(H2,53,58)(H,57,73)(H,59,69)(H,61,70)(H,62,71)(H,63,66)(H3,54,56,72)/t38-,45?/m0/s1. The molecule has 1 unspecified atom stereocenters. The smallest absolute Gasteiger partial charge is 0.407 e. The number of pyridine rings is 1. The summed E-state index contributed by atoms with van der Waals surface area (Å²) in [5, 5.41) is 16.4. The highest BCUT2D eigenvalue weighted by Gasteiger charge is 2.29. The second-order valence-electron chi connectivity index (χ2n) is 18.2. The summed E-state index contributed by atoms with van der Waals surface area (Å²) in [5.41, 5.74) is 15.9. The highest BCUT2D eigenvalue weighted by molar-refractivity contribution is 6.13. The van der Waals surface area contributed by atoms with Crippen molar-refractivity contribution in [2.45, 2.75) is 83.9 Å². The molecule has 75 heavy (non-hydrogen) atoms. The summed E-state index contributed by atoms with van der Waals surface area (Å²) in [5.74, 6) is -3.02. The van der Waals surface area contributed by atoms with Crippen LogP contribution in [0.5, 0.6) is 0 Å². The van der Waals surface area contributed by atoms with Gasteiger partial charge in [-0.15, -0.1) is 0 Å². The number of aryl methyl sites for hydroxylation is 1. The Labute approximate surface area is 434 Å². The Morgan fingerprint density at radius 1 is 0.787 bits per heavy atom. The molecule has 2 aromatic heterocycles. The second-order valence-corrected chi connectivity index (χ2v) is 18.2. The predicted molar refractivity (Wildman–Crippen MR) is 279 cm³/mol. The first-order valence-corrected chi connectivity index (χ1v) is 24.9. The number of urea groups is 1. The largest absolute Gasteiger partial charge is 0.445 e. The summed E-state index contributed by atoms with van der Waals surface area (Å²) in [4.78, 5) is 117. The molecule has 9 amide bonds. The molecule has 2 atom stereocenters. The highest BCUT2D eigenvalue weighted by atomic mass is 16.5. The second kappa shape index (κ2) is 28.1. The molecule has 0 radical (unpaired) electrons. The minimum Gasteiger partial charge on any atom is -0.445 e. The Hall–Kier alpha value is -8.47. The van der Waals surface area contributed by atoms with Gasteiger partial charge in [-0.25, -0.2) is 19.6 Å². The third-order valence-electron chi connectivity index (χ3n) is 12.2. The van der Waals surface area contributed by atoms with Gasteiger partial charge in [-0.3, -0.25) is 38.7 Å². The summed E-state index contributed by atoms with van der Waals surface area (Å²) in [6.45, 7) is 6.79. The molecule has 398 valence electrons. The first kappa shape index (κ1) is 55.8. The Kier molecular flexibility index (Phi) is 20.9. The number of unbranched alkanes of at least 4 members (excludes halogenated alkanes) is 2. The normalized spacial score (nSPS) is 14.0. The van der Waals surface area contributed by atoms with Crippen LogP contribution in [0.3, 0.4) is 0 Å². The maximum atomic E-state index is 13.6. The number of hydrogen-bond donors (Lipinski definition) is 8. The third-order valence-corrected chi connectivity index (χ3v) is 12.2. The number of benzene rings is 2. The van der Waals surface area contributed by atoms with Gasteiger partial charge in [0.1, 0.15) is 18.7 Å². The number of rotatable bonds is 26. The Morgan fingerprint density at radius 2 is 1.49 bits per heavy atom. The summed E-state index contributed by atoms with van der Waals surface area (Å²) in [7, 11) is 0. The molecule has 4 heterocycles. The lowest BCUT2D eigenvalue weighted by Crippen LogP contribution is -2.54. The predicted octanol–water partition coefficient (Wildman–Crippen LogP) is 3.57. The molecule has 0 aliphatic carbocycles. The average molecular weight is 1030 g/mol. The third kappa shape index (κ3) is 17.3. The molecule has 2 aliphatic heterocycles. The fourth-order valence-corrected chi connectivity index (χ4v) is 8.10. The first-order valence-electron chi connectivity index (χ1n) is 24.9. The van der Waals surface area contributed by atoms with Crippen molar-refractivity contribution in [3.63, 3.8) is 0 Å². The maximum absolute atomic E-state index is 13.6. The van der Waals surface area contributed by atoms with Crippen molar-refractivity contribution in [3.8, 4) is 11.3 Å². The summed E-state index contributed by atoms with van der Waals surface area (Å²) in [6, 6.07) is 13.4.